The second-order valence-electron chi connectivity index (χ2n) is 7.29. The molecule has 1 aromatic heterocycles. The molecule has 0 radical (unpaired) electrons. The van der Waals surface area contributed by atoms with E-state index in [0.29, 0.717) is 12.3 Å². The lowest BCUT2D eigenvalue weighted by molar-refractivity contribution is -0.117. The highest BCUT2D eigenvalue weighted by molar-refractivity contribution is 5.99. The Hall–Kier alpha value is -3.36. The first kappa shape index (κ1) is 23.3. The van der Waals surface area contributed by atoms with Crippen LogP contribution in [0.3, 0.4) is 0 Å². The van der Waals surface area contributed by atoms with Crippen molar-refractivity contribution in [1.29, 1.82) is 0 Å². The Bertz CT molecular complexity index is 1080. The first-order chi connectivity index (χ1) is 15.5. The van der Waals surface area contributed by atoms with Gasteiger partial charge < -0.3 is 30.6 Å². The third-order valence-electron chi connectivity index (χ3n) is 5.28. The number of anilines is 3. The fourth-order valence-corrected chi connectivity index (χ4v) is 3.58. The van der Waals surface area contributed by atoms with Gasteiger partial charge in [0.15, 0.2) is 6.29 Å². The Morgan fingerprint density at radius 2 is 1.84 bits per heavy atom. The van der Waals surface area contributed by atoms with Crippen molar-refractivity contribution in [3.05, 3.63) is 53.7 Å². The summed E-state index contributed by atoms with van der Waals surface area (Å²) in [6, 6.07) is 11.9. The highest BCUT2D eigenvalue weighted by Crippen LogP contribution is 2.36. The van der Waals surface area contributed by atoms with Crippen LogP contribution in [-0.4, -0.2) is 45.1 Å². The standard InChI is InChI=1S/C24H30N4O4/c1-5-15-8-6-7-9-18(15)28-24-16(10-22(25)29)13-26-19-12-21(30-2)20(11-17(19)24)27-14-23(31-3)32-4/h6-9,11-13,23,27H,5,10,14H2,1-4H3,(H2,25,29)(H,26,28). The number of benzene rings is 2. The second-order valence-corrected chi connectivity index (χ2v) is 7.29. The van der Waals surface area contributed by atoms with Gasteiger partial charge in [-0.2, -0.15) is 0 Å². The predicted octanol–water partition coefficient (Wildman–Crippen LogP) is 3.61. The zero-order valence-electron chi connectivity index (χ0n) is 18.9. The zero-order valence-corrected chi connectivity index (χ0v) is 18.9. The van der Waals surface area contributed by atoms with Crippen LogP contribution in [0.25, 0.3) is 10.9 Å². The molecule has 0 aliphatic rings. The molecule has 0 bridgehead atoms. The second kappa shape index (κ2) is 10.8. The van der Waals surface area contributed by atoms with Gasteiger partial charge in [-0.1, -0.05) is 25.1 Å². The average molecular weight is 439 g/mol. The Morgan fingerprint density at radius 3 is 2.50 bits per heavy atom. The van der Waals surface area contributed by atoms with Crippen molar-refractivity contribution in [2.45, 2.75) is 26.1 Å². The number of hydrogen-bond acceptors (Lipinski definition) is 7. The number of rotatable bonds is 11. The monoisotopic (exact) mass is 438 g/mol. The summed E-state index contributed by atoms with van der Waals surface area (Å²) in [5.74, 6) is 0.214. The van der Waals surface area contributed by atoms with E-state index in [1.54, 1.807) is 27.5 Å². The van der Waals surface area contributed by atoms with Crippen LogP contribution in [0.2, 0.25) is 0 Å². The van der Waals surface area contributed by atoms with E-state index in [-0.39, 0.29) is 6.42 Å². The highest BCUT2D eigenvalue weighted by atomic mass is 16.7. The Balaban J connectivity index is 2.14. The number of nitrogens with zero attached hydrogens (tertiary/aromatic N) is 1. The number of nitrogens with two attached hydrogens (primary N) is 1. The van der Waals surface area contributed by atoms with Crippen LogP contribution in [0.4, 0.5) is 17.1 Å². The highest BCUT2D eigenvalue weighted by Gasteiger charge is 2.16. The fourth-order valence-electron chi connectivity index (χ4n) is 3.58. The van der Waals surface area contributed by atoms with Gasteiger partial charge in [-0.3, -0.25) is 9.78 Å². The number of nitrogens with one attached hydrogen (secondary N) is 2. The first-order valence-corrected chi connectivity index (χ1v) is 10.4. The molecule has 170 valence electrons. The van der Waals surface area contributed by atoms with Gasteiger partial charge in [0, 0.05) is 43.1 Å². The zero-order chi connectivity index (χ0) is 23.1. The SMILES string of the molecule is CCc1ccccc1Nc1c(CC(N)=O)cnc2cc(OC)c(NCC(OC)OC)cc12. The third kappa shape index (κ3) is 5.27. The molecule has 0 atom stereocenters. The molecule has 0 saturated carbocycles. The molecule has 3 aromatic rings. The number of pyridine rings is 1. The van der Waals surface area contributed by atoms with E-state index in [0.717, 1.165) is 45.5 Å². The molecule has 0 saturated heterocycles. The molecular weight excluding hydrogens is 408 g/mol. The van der Waals surface area contributed by atoms with Gasteiger partial charge >= 0.3 is 0 Å². The van der Waals surface area contributed by atoms with Crippen molar-refractivity contribution in [2.75, 3.05) is 38.5 Å². The number of methoxy groups -OCH3 is 3. The lowest BCUT2D eigenvalue weighted by atomic mass is 10.0. The van der Waals surface area contributed by atoms with Crippen LogP contribution in [-0.2, 0) is 27.1 Å². The van der Waals surface area contributed by atoms with Gasteiger partial charge in [0.05, 0.1) is 37.0 Å². The van der Waals surface area contributed by atoms with Gasteiger partial charge in [0.2, 0.25) is 5.91 Å². The van der Waals surface area contributed by atoms with Gasteiger partial charge in [-0.25, -0.2) is 0 Å². The van der Waals surface area contributed by atoms with Crippen molar-refractivity contribution in [1.82, 2.24) is 4.98 Å². The van der Waals surface area contributed by atoms with Crippen molar-refractivity contribution >= 4 is 33.9 Å². The normalized spacial score (nSPS) is 11.0. The number of carbonyl (C=O) groups is 1. The maximum absolute atomic E-state index is 11.8. The molecule has 8 nitrogen and oxygen atoms in total. The fraction of sp³-hybridized carbons (Fsp3) is 0.333. The molecular formula is C24H30N4O4. The van der Waals surface area contributed by atoms with E-state index >= 15 is 0 Å². The van der Waals surface area contributed by atoms with Crippen molar-refractivity contribution in [3.63, 3.8) is 0 Å². The Labute approximate surface area is 188 Å². The molecule has 2 aromatic carbocycles. The minimum Gasteiger partial charge on any atom is -0.495 e. The van der Waals surface area contributed by atoms with Crippen LogP contribution in [0, 0.1) is 0 Å². The minimum atomic E-state index is -0.423. The number of aryl methyl sites for hydroxylation is 1. The number of hydrogen-bond donors (Lipinski definition) is 3. The maximum Gasteiger partial charge on any atom is 0.221 e. The molecule has 0 aliphatic carbocycles. The molecule has 0 spiro atoms. The number of ether oxygens (including phenoxy) is 3. The molecule has 1 amide bonds. The molecule has 1 heterocycles. The number of fused-ring (bicyclic) bond motifs is 1. The largest absolute Gasteiger partial charge is 0.495 e. The van der Waals surface area contributed by atoms with Gasteiger partial charge in [0.25, 0.3) is 0 Å². The number of amides is 1. The van der Waals surface area contributed by atoms with E-state index in [1.807, 2.05) is 30.3 Å². The van der Waals surface area contributed by atoms with E-state index in [4.69, 9.17) is 19.9 Å². The molecule has 0 unspecified atom stereocenters. The van der Waals surface area contributed by atoms with Gasteiger partial charge in [0.1, 0.15) is 5.75 Å². The smallest absolute Gasteiger partial charge is 0.221 e. The van der Waals surface area contributed by atoms with Gasteiger partial charge in [-0.15, -0.1) is 0 Å². The maximum atomic E-state index is 11.8. The van der Waals surface area contributed by atoms with Crippen LogP contribution < -0.4 is 21.1 Å². The summed E-state index contributed by atoms with van der Waals surface area (Å²) < 4.78 is 16.1. The molecule has 4 N–H and O–H groups in total. The van der Waals surface area contributed by atoms with Crippen molar-refractivity contribution < 1.29 is 19.0 Å². The van der Waals surface area contributed by atoms with Crippen LogP contribution in [0.15, 0.2) is 42.6 Å². The molecule has 32 heavy (non-hydrogen) atoms. The lowest BCUT2D eigenvalue weighted by Gasteiger charge is -2.20. The molecule has 0 aliphatic heterocycles. The van der Waals surface area contributed by atoms with Crippen LogP contribution in [0.1, 0.15) is 18.1 Å². The predicted molar refractivity (Wildman–Crippen MR) is 127 cm³/mol. The van der Waals surface area contributed by atoms with Crippen LogP contribution in [0.5, 0.6) is 5.75 Å². The summed E-state index contributed by atoms with van der Waals surface area (Å²) in [6.45, 7) is 2.52. The number of primary amides is 1. The van der Waals surface area contributed by atoms with E-state index in [9.17, 15) is 4.79 Å². The summed E-state index contributed by atoms with van der Waals surface area (Å²) in [6.07, 6.45) is 2.21. The molecule has 0 fully saturated rings. The number of para-hydroxylation sites is 1. The van der Waals surface area contributed by atoms with E-state index in [1.165, 1.54) is 0 Å². The topological polar surface area (TPSA) is 108 Å². The molecule has 3 rings (SSSR count). The number of aromatic nitrogens is 1. The van der Waals surface area contributed by atoms with Gasteiger partial charge in [-0.05, 0) is 24.1 Å². The van der Waals surface area contributed by atoms with Crippen molar-refractivity contribution in [3.8, 4) is 5.75 Å². The minimum absolute atomic E-state index is 0.0732. The first-order valence-electron chi connectivity index (χ1n) is 10.4. The summed E-state index contributed by atoms with van der Waals surface area (Å²) in [5.41, 5.74) is 10.6. The van der Waals surface area contributed by atoms with E-state index in [2.05, 4.69) is 28.6 Å². The molecule has 8 heteroatoms. The Morgan fingerprint density at radius 1 is 1.09 bits per heavy atom. The summed E-state index contributed by atoms with van der Waals surface area (Å²) in [5, 5.41) is 7.67. The van der Waals surface area contributed by atoms with E-state index < -0.39 is 12.2 Å². The number of carbonyl (C=O) groups excluding carboxylic acids is 1. The van der Waals surface area contributed by atoms with Crippen LogP contribution >= 0.6 is 0 Å². The third-order valence-corrected chi connectivity index (χ3v) is 5.28. The summed E-state index contributed by atoms with van der Waals surface area (Å²) in [7, 11) is 4.77. The van der Waals surface area contributed by atoms with Crippen molar-refractivity contribution in [2.24, 2.45) is 5.73 Å². The lowest BCUT2D eigenvalue weighted by Crippen LogP contribution is -2.23. The average Bonchev–Trinajstić information content (AvgIpc) is 2.80. The quantitative estimate of drug-likeness (QED) is 0.393. The Kier molecular flexibility index (Phi) is 7.86. The summed E-state index contributed by atoms with van der Waals surface area (Å²) >= 11 is 0. The summed E-state index contributed by atoms with van der Waals surface area (Å²) in [4.78, 5) is 16.3.